The number of aryl methyl sites for hydroxylation is 1. The minimum Gasteiger partial charge on any atom is -0.508 e. The molecule has 0 saturated heterocycles. The lowest BCUT2D eigenvalue weighted by atomic mass is 9.50. The molecule has 2 aliphatic carbocycles. The fourth-order valence-corrected chi connectivity index (χ4v) is 4.93. The summed E-state index contributed by atoms with van der Waals surface area (Å²) in [5, 5.41) is 9.89. The van der Waals surface area contributed by atoms with Gasteiger partial charge < -0.3 is 9.84 Å². The van der Waals surface area contributed by atoms with E-state index in [9.17, 15) is 9.90 Å². The second kappa shape index (κ2) is 4.75. The maximum absolute atomic E-state index is 12.4. The number of phenolic OH excluding ortho intramolecular Hbond substituents is 1. The van der Waals surface area contributed by atoms with Crippen LogP contribution in [-0.4, -0.2) is 18.2 Å². The standard InChI is InChI=1S/C18H24O3/c1-17-9-4-10-18(2,16(20)21-3)15(17)8-6-12-5-7-13(19)11-14(12)17/h5,7,11,15,19H,4,6,8-10H2,1-3H3/t15-,17+,18-/m1/s1. The first kappa shape index (κ1) is 14.4. The van der Waals surface area contributed by atoms with Crippen molar-refractivity contribution in [3.05, 3.63) is 29.3 Å². The van der Waals surface area contributed by atoms with Gasteiger partial charge in [0.25, 0.3) is 0 Å². The highest BCUT2D eigenvalue weighted by molar-refractivity contribution is 5.77. The lowest BCUT2D eigenvalue weighted by Gasteiger charge is -2.54. The van der Waals surface area contributed by atoms with E-state index < -0.39 is 5.41 Å². The zero-order valence-electron chi connectivity index (χ0n) is 13.1. The van der Waals surface area contributed by atoms with Crippen LogP contribution in [-0.2, 0) is 21.4 Å². The predicted octanol–water partition coefficient (Wildman–Crippen LogP) is 3.58. The molecule has 3 rings (SSSR count). The van der Waals surface area contributed by atoms with E-state index in [-0.39, 0.29) is 17.3 Å². The van der Waals surface area contributed by atoms with Crippen molar-refractivity contribution in [2.24, 2.45) is 11.3 Å². The molecule has 3 nitrogen and oxygen atoms in total. The first-order valence-corrected chi connectivity index (χ1v) is 7.82. The summed E-state index contributed by atoms with van der Waals surface area (Å²) < 4.78 is 5.11. The highest BCUT2D eigenvalue weighted by atomic mass is 16.5. The Bertz CT molecular complexity index is 580. The molecule has 1 aromatic rings. The molecule has 1 aromatic carbocycles. The van der Waals surface area contributed by atoms with Crippen LogP contribution in [0.3, 0.4) is 0 Å². The monoisotopic (exact) mass is 288 g/mol. The number of hydrogen-bond donors (Lipinski definition) is 1. The average Bonchev–Trinajstić information content (AvgIpc) is 2.46. The number of phenols is 1. The van der Waals surface area contributed by atoms with Crippen LogP contribution in [0.5, 0.6) is 5.75 Å². The van der Waals surface area contributed by atoms with E-state index >= 15 is 0 Å². The number of aromatic hydroxyl groups is 1. The normalized spacial score (nSPS) is 34.7. The van der Waals surface area contributed by atoms with Crippen LogP contribution in [0, 0.1) is 11.3 Å². The Labute approximate surface area is 126 Å². The number of hydrogen-bond acceptors (Lipinski definition) is 3. The Kier molecular flexibility index (Phi) is 3.27. The molecule has 0 aromatic heterocycles. The van der Waals surface area contributed by atoms with Crippen LogP contribution >= 0.6 is 0 Å². The van der Waals surface area contributed by atoms with Crippen molar-refractivity contribution in [2.45, 2.75) is 51.4 Å². The lowest BCUT2D eigenvalue weighted by Crippen LogP contribution is -2.52. The molecule has 1 fully saturated rings. The Morgan fingerprint density at radius 3 is 2.81 bits per heavy atom. The first-order chi connectivity index (χ1) is 9.91. The van der Waals surface area contributed by atoms with Crippen LogP contribution in [0.25, 0.3) is 0 Å². The van der Waals surface area contributed by atoms with E-state index in [0.29, 0.717) is 5.75 Å². The van der Waals surface area contributed by atoms with Crippen LogP contribution in [0.4, 0.5) is 0 Å². The van der Waals surface area contributed by atoms with E-state index in [1.54, 1.807) is 6.07 Å². The SMILES string of the molecule is COC(=O)[C@]1(C)CCC[C@@]2(C)c3cc(O)ccc3CC[C@@H]12. The molecule has 3 atom stereocenters. The van der Waals surface area contributed by atoms with Crippen LogP contribution in [0.1, 0.15) is 50.7 Å². The number of methoxy groups -OCH3 is 1. The smallest absolute Gasteiger partial charge is 0.311 e. The highest BCUT2D eigenvalue weighted by Gasteiger charge is 2.55. The predicted molar refractivity (Wildman–Crippen MR) is 81.2 cm³/mol. The molecular weight excluding hydrogens is 264 g/mol. The quantitative estimate of drug-likeness (QED) is 0.803. The van der Waals surface area contributed by atoms with Crippen molar-refractivity contribution < 1.29 is 14.6 Å². The maximum atomic E-state index is 12.4. The van der Waals surface area contributed by atoms with Gasteiger partial charge in [0.15, 0.2) is 0 Å². The minimum absolute atomic E-state index is 0.0481. The number of carbonyl (C=O) groups is 1. The summed E-state index contributed by atoms with van der Waals surface area (Å²) in [5.41, 5.74) is 2.09. The molecule has 0 heterocycles. The van der Waals surface area contributed by atoms with Crippen LogP contribution in [0.2, 0.25) is 0 Å². The second-order valence-corrected chi connectivity index (χ2v) is 7.11. The van der Waals surface area contributed by atoms with Crippen molar-refractivity contribution in [3.8, 4) is 5.75 Å². The van der Waals surface area contributed by atoms with E-state index in [2.05, 4.69) is 13.8 Å². The van der Waals surface area contributed by atoms with E-state index in [1.807, 2.05) is 12.1 Å². The highest BCUT2D eigenvalue weighted by Crippen LogP contribution is 2.57. The lowest BCUT2D eigenvalue weighted by molar-refractivity contribution is -0.161. The molecule has 0 radical (unpaired) electrons. The van der Waals surface area contributed by atoms with Crippen molar-refractivity contribution in [1.29, 1.82) is 0 Å². The molecule has 2 aliphatic rings. The summed E-state index contributed by atoms with van der Waals surface area (Å²) >= 11 is 0. The molecule has 1 N–H and O–H groups in total. The molecule has 1 saturated carbocycles. The van der Waals surface area contributed by atoms with Gasteiger partial charge in [-0.05, 0) is 67.2 Å². The third-order valence-corrected chi connectivity index (χ3v) is 5.99. The van der Waals surface area contributed by atoms with Gasteiger partial charge >= 0.3 is 5.97 Å². The largest absolute Gasteiger partial charge is 0.508 e. The second-order valence-electron chi connectivity index (χ2n) is 7.11. The number of rotatable bonds is 1. The zero-order valence-corrected chi connectivity index (χ0v) is 13.1. The Hall–Kier alpha value is -1.51. The Morgan fingerprint density at radius 2 is 2.10 bits per heavy atom. The van der Waals surface area contributed by atoms with Gasteiger partial charge in [0.05, 0.1) is 12.5 Å². The van der Waals surface area contributed by atoms with Gasteiger partial charge in [-0.1, -0.05) is 19.4 Å². The number of carbonyl (C=O) groups excluding carboxylic acids is 1. The van der Waals surface area contributed by atoms with Gasteiger partial charge in [0.2, 0.25) is 0 Å². The molecule has 0 aliphatic heterocycles. The summed E-state index contributed by atoms with van der Waals surface area (Å²) in [6.45, 7) is 4.32. The summed E-state index contributed by atoms with van der Waals surface area (Å²) in [6, 6.07) is 5.71. The van der Waals surface area contributed by atoms with Gasteiger partial charge in [-0.25, -0.2) is 0 Å². The molecule has 0 unspecified atom stereocenters. The molecule has 0 amide bonds. The summed E-state index contributed by atoms with van der Waals surface area (Å²) in [4.78, 5) is 12.4. The van der Waals surface area contributed by atoms with Gasteiger partial charge in [-0.15, -0.1) is 0 Å². The van der Waals surface area contributed by atoms with E-state index in [1.165, 1.54) is 18.2 Å². The number of esters is 1. The van der Waals surface area contributed by atoms with Crippen molar-refractivity contribution in [3.63, 3.8) is 0 Å². The van der Waals surface area contributed by atoms with Crippen molar-refractivity contribution in [2.75, 3.05) is 7.11 Å². The van der Waals surface area contributed by atoms with Gasteiger partial charge in [-0.2, -0.15) is 0 Å². The van der Waals surface area contributed by atoms with Gasteiger partial charge in [0, 0.05) is 0 Å². The first-order valence-electron chi connectivity index (χ1n) is 7.82. The summed E-state index contributed by atoms with van der Waals surface area (Å²) in [7, 11) is 1.49. The molecule has 21 heavy (non-hydrogen) atoms. The van der Waals surface area contributed by atoms with Crippen molar-refractivity contribution in [1.82, 2.24) is 0 Å². The average molecular weight is 288 g/mol. The molecule has 0 bridgehead atoms. The third-order valence-electron chi connectivity index (χ3n) is 5.99. The Balaban J connectivity index is 2.10. The minimum atomic E-state index is -0.412. The van der Waals surface area contributed by atoms with Gasteiger partial charge in [0.1, 0.15) is 5.75 Å². The van der Waals surface area contributed by atoms with E-state index in [4.69, 9.17) is 4.74 Å². The molecule has 0 spiro atoms. The molecular formula is C18H24O3. The molecule has 3 heteroatoms. The Morgan fingerprint density at radius 1 is 1.33 bits per heavy atom. The van der Waals surface area contributed by atoms with Crippen LogP contribution < -0.4 is 0 Å². The number of ether oxygens (including phenoxy) is 1. The molecule has 114 valence electrons. The summed E-state index contributed by atoms with van der Waals surface area (Å²) in [5.74, 6) is 0.517. The maximum Gasteiger partial charge on any atom is 0.311 e. The number of benzene rings is 1. The third kappa shape index (κ3) is 1.97. The van der Waals surface area contributed by atoms with Crippen molar-refractivity contribution >= 4 is 5.97 Å². The fourth-order valence-electron chi connectivity index (χ4n) is 4.93. The van der Waals surface area contributed by atoms with Gasteiger partial charge in [-0.3, -0.25) is 4.79 Å². The summed E-state index contributed by atoms with van der Waals surface area (Å²) in [6.07, 6.45) is 4.98. The topological polar surface area (TPSA) is 46.5 Å². The number of fused-ring (bicyclic) bond motifs is 3. The fraction of sp³-hybridized carbons (Fsp3) is 0.611. The van der Waals surface area contributed by atoms with E-state index in [0.717, 1.165) is 32.1 Å². The zero-order chi connectivity index (χ0) is 15.3. The van der Waals surface area contributed by atoms with Crippen LogP contribution in [0.15, 0.2) is 18.2 Å².